The first-order valence-electron chi connectivity index (χ1n) is 3.40. The molecule has 0 radical (unpaired) electrons. The Morgan fingerprint density at radius 2 is 2.33 bits per heavy atom. The van der Waals surface area contributed by atoms with Crippen molar-refractivity contribution in [3.63, 3.8) is 0 Å². The number of pyridine rings is 1. The van der Waals surface area contributed by atoms with Crippen molar-refractivity contribution in [3.05, 3.63) is 22.3 Å². The van der Waals surface area contributed by atoms with Gasteiger partial charge in [0.2, 0.25) is 5.88 Å². The van der Waals surface area contributed by atoms with Crippen LogP contribution in [0.3, 0.4) is 0 Å². The fraction of sp³-hybridized carbons (Fsp3) is 0.250. The SMILES string of the molecule is CC(=O)Oc1cc(C)c(Br)cn1. The van der Waals surface area contributed by atoms with Gasteiger partial charge < -0.3 is 4.74 Å². The van der Waals surface area contributed by atoms with Crippen molar-refractivity contribution in [3.8, 4) is 5.88 Å². The van der Waals surface area contributed by atoms with E-state index in [0.29, 0.717) is 5.88 Å². The second kappa shape index (κ2) is 3.67. The average Bonchev–Trinajstić information content (AvgIpc) is 1.96. The summed E-state index contributed by atoms with van der Waals surface area (Å²) in [5.41, 5.74) is 0.987. The van der Waals surface area contributed by atoms with Gasteiger partial charge in [0.1, 0.15) is 0 Å². The summed E-state index contributed by atoms with van der Waals surface area (Å²) in [6.45, 7) is 3.25. The number of aryl methyl sites for hydroxylation is 1. The van der Waals surface area contributed by atoms with Gasteiger partial charge in [0.05, 0.1) is 0 Å². The zero-order valence-corrected chi connectivity index (χ0v) is 8.38. The Morgan fingerprint density at radius 1 is 1.67 bits per heavy atom. The van der Waals surface area contributed by atoms with E-state index in [0.717, 1.165) is 10.0 Å². The van der Waals surface area contributed by atoms with Crippen molar-refractivity contribution in [2.24, 2.45) is 0 Å². The molecule has 0 saturated carbocycles. The molecule has 0 unspecified atom stereocenters. The number of carbonyl (C=O) groups excluding carboxylic acids is 1. The summed E-state index contributed by atoms with van der Waals surface area (Å²) in [4.78, 5) is 14.4. The molecule has 3 nitrogen and oxygen atoms in total. The molecular formula is C8H8BrNO2. The van der Waals surface area contributed by atoms with Gasteiger partial charge in [-0.05, 0) is 28.4 Å². The fourth-order valence-corrected chi connectivity index (χ4v) is 0.933. The molecule has 0 bridgehead atoms. The third kappa shape index (κ3) is 2.30. The van der Waals surface area contributed by atoms with Gasteiger partial charge in [-0.2, -0.15) is 0 Å². The van der Waals surface area contributed by atoms with Crippen LogP contribution in [0, 0.1) is 6.92 Å². The molecule has 0 atom stereocenters. The van der Waals surface area contributed by atoms with Gasteiger partial charge in [-0.1, -0.05) is 0 Å². The van der Waals surface area contributed by atoms with Crippen molar-refractivity contribution in [1.29, 1.82) is 0 Å². The molecule has 12 heavy (non-hydrogen) atoms. The number of hydrogen-bond acceptors (Lipinski definition) is 3. The molecule has 0 aliphatic carbocycles. The zero-order chi connectivity index (χ0) is 9.14. The fourth-order valence-electron chi connectivity index (χ4n) is 0.717. The summed E-state index contributed by atoms with van der Waals surface area (Å²) in [7, 11) is 0. The van der Waals surface area contributed by atoms with E-state index in [1.165, 1.54) is 6.92 Å². The van der Waals surface area contributed by atoms with Crippen molar-refractivity contribution in [1.82, 2.24) is 4.98 Å². The number of esters is 1. The highest BCUT2D eigenvalue weighted by Crippen LogP contribution is 2.18. The van der Waals surface area contributed by atoms with Gasteiger partial charge in [-0.25, -0.2) is 4.98 Å². The van der Waals surface area contributed by atoms with Crippen molar-refractivity contribution in [2.75, 3.05) is 0 Å². The molecule has 1 aromatic heterocycles. The maximum atomic E-state index is 10.5. The van der Waals surface area contributed by atoms with Crippen LogP contribution in [-0.2, 0) is 4.79 Å². The van der Waals surface area contributed by atoms with E-state index in [2.05, 4.69) is 20.9 Å². The summed E-state index contributed by atoms with van der Waals surface area (Å²) in [6.07, 6.45) is 1.60. The Morgan fingerprint density at radius 3 is 2.83 bits per heavy atom. The second-order valence-corrected chi connectivity index (χ2v) is 3.22. The van der Waals surface area contributed by atoms with Crippen LogP contribution in [0.15, 0.2) is 16.7 Å². The summed E-state index contributed by atoms with van der Waals surface area (Å²) >= 11 is 3.29. The molecule has 0 aromatic carbocycles. The Bertz CT molecular complexity index is 312. The topological polar surface area (TPSA) is 39.2 Å². The van der Waals surface area contributed by atoms with E-state index < -0.39 is 0 Å². The third-order valence-corrected chi connectivity index (χ3v) is 2.10. The average molecular weight is 230 g/mol. The monoisotopic (exact) mass is 229 g/mol. The smallest absolute Gasteiger partial charge is 0.309 e. The molecule has 0 fully saturated rings. The summed E-state index contributed by atoms with van der Waals surface area (Å²) in [6, 6.07) is 1.70. The first kappa shape index (κ1) is 9.19. The quantitative estimate of drug-likeness (QED) is 0.693. The van der Waals surface area contributed by atoms with Gasteiger partial charge in [-0.15, -0.1) is 0 Å². The molecule has 0 amide bonds. The van der Waals surface area contributed by atoms with Crippen LogP contribution in [0.2, 0.25) is 0 Å². The number of hydrogen-bond donors (Lipinski definition) is 0. The minimum Gasteiger partial charge on any atom is -0.408 e. The number of rotatable bonds is 1. The molecule has 0 N–H and O–H groups in total. The number of nitrogens with zero attached hydrogens (tertiary/aromatic N) is 1. The maximum Gasteiger partial charge on any atom is 0.309 e. The standard InChI is InChI=1S/C8H8BrNO2/c1-5-3-8(12-6(2)11)10-4-7(5)9/h3-4H,1-2H3. The van der Waals surface area contributed by atoms with Crippen LogP contribution >= 0.6 is 15.9 Å². The lowest BCUT2D eigenvalue weighted by Gasteiger charge is -2.01. The molecule has 1 rings (SSSR count). The Balaban J connectivity index is 2.89. The highest BCUT2D eigenvalue weighted by Gasteiger charge is 2.01. The maximum absolute atomic E-state index is 10.5. The Hall–Kier alpha value is -0.900. The lowest BCUT2D eigenvalue weighted by molar-refractivity contribution is -0.132. The molecule has 0 aliphatic heterocycles. The minimum atomic E-state index is -0.357. The predicted octanol–water partition coefficient (Wildman–Crippen LogP) is 2.08. The molecule has 0 saturated heterocycles. The second-order valence-electron chi connectivity index (χ2n) is 2.37. The normalized spacial score (nSPS) is 9.58. The van der Waals surface area contributed by atoms with Gasteiger partial charge in [0, 0.05) is 23.7 Å². The largest absolute Gasteiger partial charge is 0.408 e. The van der Waals surface area contributed by atoms with E-state index in [9.17, 15) is 4.79 Å². The van der Waals surface area contributed by atoms with E-state index >= 15 is 0 Å². The molecule has 0 aliphatic rings. The lowest BCUT2D eigenvalue weighted by Crippen LogP contribution is -2.03. The third-order valence-electron chi connectivity index (χ3n) is 1.27. The Labute approximate surface area is 78.9 Å². The van der Waals surface area contributed by atoms with Crippen molar-refractivity contribution in [2.45, 2.75) is 13.8 Å². The molecule has 64 valence electrons. The number of carbonyl (C=O) groups is 1. The summed E-state index contributed by atoms with van der Waals surface area (Å²) in [5, 5.41) is 0. The molecule has 0 spiro atoms. The lowest BCUT2D eigenvalue weighted by atomic mass is 10.3. The number of ether oxygens (including phenoxy) is 1. The number of halogens is 1. The predicted molar refractivity (Wildman–Crippen MR) is 48.0 cm³/mol. The highest BCUT2D eigenvalue weighted by atomic mass is 79.9. The van der Waals surface area contributed by atoms with Crippen molar-refractivity contribution < 1.29 is 9.53 Å². The first-order valence-corrected chi connectivity index (χ1v) is 4.19. The van der Waals surface area contributed by atoms with Crippen LogP contribution in [0.4, 0.5) is 0 Å². The highest BCUT2D eigenvalue weighted by molar-refractivity contribution is 9.10. The van der Waals surface area contributed by atoms with E-state index in [-0.39, 0.29) is 5.97 Å². The van der Waals surface area contributed by atoms with Crippen LogP contribution in [0.25, 0.3) is 0 Å². The van der Waals surface area contributed by atoms with Crippen LogP contribution in [-0.4, -0.2) is 11.0 Å². The van der Waals surface area contributed by atoms with Gasteiger partial charge in [-0.3, -0.25) is 4.79 Å². The van der Waals surface area contributed by atoms with Crippen LogP contribution in [0.1, 0.15) is 12.5 Å². The zero-order valence-electron chi connectivity index (χ0n) is 6.80. The summed E-state index contributed by atoms with van der Waals surface area (Å²) in [5.74, 6) is -0.0209. The molecule has 1 aromatic rings. The number of aromatic nitrogens is 1. The first-order chi connectivity index (χ1) is 5.59. The van der Waals surface area contributed by atoms with E-state index in [1.807, 2.05) is 6.92 Å². The van der Waals surface area contributed by atoms with Crippen LogP contribution in [0.5, 0.6) is 5.88 Å². The van der Waals surface area contributed by atoms with E-state index in [4.69, 9.17) is 4.74 Å². The van der Waals surface area contributed by atoms with Gasteiger partial charge in [0.25, 0.3) is 0 Å². The van der Waals surface area contributed by atoms with Crippen molar-refractivity contribution >= 4 is 21.9 Å². The molecular weight excluding hydrogens is 222 g/mol. The molecule has 4 heteroatoms. The van der Waals surface area contributed by atoms with Crippen LogP contribution < -0.4 is 4.74 Å². The summed E-state index contributed by atoms with van der Waals surface area (Å²) < 4.78 is 5.68. The molecule has 1 heterocycles. The van der Waals surface area contributed by atoms with Gasteiger partial charge >= 0.3 is 5.97 Å². The van der Waals surface area contributed by atoms with E-state index in [1.54, 1.807) is 12.3 Å². The Kier molecular flexibility index (Phi) is 2.81. The minimum absolute atomic E-state index is 0.336. The van der Waals surface area contributed by atoms with Gasteiger partial charge in [0.15, 0.2) is 0 Å².